The number of anilines is 1. The van der Waals surface area contributed by atoms with Crippen molar-refractivity contribution in [1.29, 1.82) is 0 Å². The second-order valence-corrected chi connectivity index (χ2v) is 5.45. The third kappa shape index (κ3) is 3.44. The molecule has 0 atom stereocenters. The number of pyridine rings is 1. The van der Waals surface area contributed by atoms with Gasteiger partial charge in [0.2, 0.25) is 0 Å². The third-order valence-corrected chi connectivity index (χ3v) is 3.92. The molecular weight excluding hydrogens is 355 g/mol. The van der Waals surface area contributed by atoms with E-state index in [9.17, 15) is 14.7 Å². The number of amides is 1. The van der Waals surface area contributed by atoms with Crippen molar-refractivity contribution in [3.63, 3.8) is 0 Å². The van der Waals surface area contributed by atoms with Gasteiger partial charge >= 0.3 is 51.4 Å². The van der Waals surface area contributed by atoms with Crippen molar-refractivity contribution < 1.29 is 9.90 Å². The molecule has 0 saturated heterocycles. The maximum absolute atomic E-state index is 12.4. The van der Waals surface area contributed by atoms with E-state index in [-0.39, 0.29) is 67.4 Å². The predicted molar refractivity (Wildman–Crippen MR) is 97.4 cm³/mol. The number of benzene rings is 2. The number of hydrogen-bond acceptors (Lipinski definition) is 3. The molecule has 0 aliphatic heterocycles. The Balaban J connectivity index is 0.00000208. The number of nitrogens with one attached hydrogen (secondary N) is 1. The van der Waals surface area contributed by atoms with Crippen LogP contribution in [0.2, 0.25) is 5.02 Å². The summed E-state index contributed by atoms with van der Waals surface area (Å²) >= 11 is 6.12. The SMILES string of the molecule is Cn1c(=O)c(C(=O)Nc2ccccc2)c(O)c2c(Cl)cccc21.[KH]. The van der Waals surface area contributed by atoms with E-state index in [4.69, 9.17) is 11.6 Å². The van der Waals surface area contributed by atoms with Gasteiger partial charge in [-0.2, -0.15) is 0 Å². The summed E-state index contributed by atoms with van der Waals surface area (Å²) in [7, 11) is 1.53. The number of nitrogens with zero attached hydrogens (tertiary/aromatic N) is 1. The third-order valence-electron chi connectivity index (χ3n) is 3.60. The first-order valence-corrected chi connectivity index (χ1v) is 7.25. The topological polar surface area (TPSA) is 71.3 Å². The molecule has 2 N–H and O–H groups in total. The normalized spacial score (nSPS) is 10.2. The van der Waals surface area contributed by atoms with Crippen LogP contribution in [-0.4, -0.2) is 67.0 Å². The second-order valence-electron chi connectivity index (χ2n) is 5.04. The summed E-state index contributed by atoms with van der Waals surface area (Å²) < 4.78 is 1.29. The Labute approximate surface area is 185 Å². The summed E-state index contributed by atoms with van der Waals surface area (Å²) in [6.45, 7) is 0. The molecule has 0 bridgehead atoms. The zero-order valence-electron chi connectivity index (χ0n) is 12.2. The molecule has 24 heavy (non-hydrogen) atoms. The van der Waals surface area contributed by atoms with Gasteiger partial charge in [0.1, 0.15) is 11.3 Å². The number of aromatic nitrogens is 1. The predicted octanol–water partition coefficient (Wildman–Crippen LogP) is 2.50. The molecule has 118 valence electrons. The van der Waals surface area contributed by atoms with E-state index in [1.54, 1.807) is 42.5 Å². The van der Waals surface area contributed by atoms with Gasteiger partial charge in [0.25, 0.3) is 11.5 Å². The monoisotopic (exact) mass is 368 g/mol. The Bertz CT molecular complexity index is 971. The van der Waals surface area contributed by atoms with Gasteiger partial charge in [0.15, 0.2) is 0 Å². The minimum atomic E-state index is -0.684. The van der Waals surface area contributed by atoms with E-state index in [1.165, 1.54) is 11.6 Å². The van der Waals surface area contributed by atoms with Gasteiger partial charge in [0.05, 0.1) is 15.9 Å². The summed E-state index contributed by atoms with van der Waals surface area (Å²) in [6.07, 6.45) is 0. The van der Waals surface area contributed by atoms with Crippen molar-refractivity contribution in [1.82, 2.24) is 4.57 Å². The summed E-state index contributed by atoms with van der Waals surface area (Å²) in [5.74, 6) is -1.10. The first kappa shape index (κ1) is 19.2. The molecule has 1 amide bonds. The van der Waals surface area contributed by atoms with Crippen LogP contribution >= 0.6 is 11.6 Å². The summed E-state index contributed by atoms with van der Waals surface area (Å²) in [5, 5.41) is 13.6. The quantitative estimate of drug-likeness (QED) is 0.683. The van der Waals surface area contributed by atoms with E-state index in [0.29, 0.717) is 11.2 Å². The number of para-hydroxylation sites is 1. The van der Waals surface area contributed by atoms with Gasteiger partial charge in [-0.05, 0) is 24.3 Å². The summed E-state index contributed by atoms with van der Waals surface area (Å²) in [4.78, 5) is 24.9. The van der Waals surface area contributed by atoms with E-state index >= 15 is 0 Å². The average molecular weight is 369 g/mol. The van der Waals surface area contributed by atoms with Crippen LogP contribution in [0.25, 0.3) is 10.9 Å². The number of aromatic hydroxyl groups is 1. The second kappa shape index (κ2) is 7.82. The molecule has 0 fully saturated rings. The Morgan fingerprint density at radius 1 is 1.12 bits per heavy atom. The maximum atomic E-state index is 12.4. The van der Waals surface area contributed by atoms with Gasteiger partial charge in [-0.3, -0.25) is 9.59 Å². The number of halogens is 1. The van der Waals surface area contributed by atoms with Crippen LogP contribution in [0.15, 0.2) is 53.3 Å². The number of carbonyl (C=O) groups excluding carboxylic acids is 1. The van der Waals surface area contributed by atoms with Crippen LogP contribution in [0.4, 0.5) is 5.69 Å². The van der Waals surface area contributed by atoms with Gasteiger partial charge in [-0.25, -0.2) is 0 Å². The Morgan fingerprint density at radius 3 is 2.46 bits per heavy atom. The zero-order valence-corrected chi connectivity index (χ0v) is 13.0. The van der Waals surface area contributed by atoms with E-state index in [1.807, 2.05) is 6.07 Å². The number of fused-ring (bicyclic) bond motifs is 1. The van der Waals surface area contributed by atoms with Crippen molar-refractivity contribution in [2.45, 2.75) is 0 Å². The molecule has 2 aromatic carbocycles. The van der Waals surface area contributed by atoms with E-state index < -0.39 is 17.2 Å². The van der Waals surface area contributed by atoms with Gasteiger partial charge in [0, 0.05) is 12.7 Å². The molecule has 0 aliphatic rings. The van der Waals surface area contributed by atoms with Gasteiger partial charge in [-0.15, -0.1) is 0 Å². The molecule has 0 saturated carbocycles. The molecule has 0 aliphatic carbocycles. The zero-order chi connectivity index (χ0) is 16.6. The van der Waals surface area contributed by atoms with Gasteiger partial charge in [-0.1, -0.05) is 35.9 Å². The molecule has 3 rings (SSSR count). The summed E-state index contributed by atoms with van der Waals surface area (Å²) in [6, 6.07) is 13.6. The molecule has 7 heteroatoms. The Kier molecular flexibility index (Phi) is 6.25. The number of hydrogen-bond donors (Lipinski definition) is 2. The number of aryl methyl sites for hydroxylation is 1. The van der Waals surface area contributed by atoms with Crippen LogP contribution in [0.1, 0.15) is 10.4 Å². The van der Waals surface area contributed by atoms with Crippen LogP contribution in [0.3, 0.4) is 0 Å². The molecule has 3 aromatic rings. The number of carbonyl (C=O) groups is 1. The fourth-order valence-corrected chi connectivity index (χ4v) is 2.71. The fraction of sp³-hybridized carbons (Fsp3) is 0.0588. The van der Waals surface area contributed by atoms with Crippen molar-refractivity contribution in [3.8, 4) is 5.75 Å². The molecule has 0 spiro atoms. The molecule has 0 unspecified atom stereocenters. The average Bonchev–Trinajstić information content (AvgIpc) is 2.53. The molecule has 5 nitrogen and oxygen atoms in total. The van der Waals surface area contributed by atoms with Crippen molar-refractivity contribution >= 4 is 85.5 Å². The molecule has 0 radical (unpaired) electrons. The Morgan fingerprint density at radius 2 is 1.79 bits per heavy atom. The van der Waals surface area contributed by atoms with Crippen LogP contribution in [0, 0.1) is 0 Å². The van der Waals surface area contributed by atoms with Crippen LogP contribution in [0.5, 0.6) is 5.75 Å². The van der Waals surface area contributed by atoms with E-state index in [0.717, 1.165) is 0 Å². The Hall–Kier alpha value is -1.15. The van der Waals surface area contributed by atoms with Crippen LogP contribution < -0.4 is 10.9 Å². The molecular formula is C17H14ClKN2O3. The standard InChI is InChI=1S/C17H13ClN2O3.K.H/c1-20-12-9-5-8-11(18)13(12)15(21)14(17(20)23)16(22)19-10-6-3-2-4-7-10;;/h2-9,21H,1H3,(H,19,22);;. The van der Waals surface area contributed by atoms with E-state index in [2.05, 4.69) is 5.32 Å². The van der Waals surface area contributed by atoms with Crippen molar-refractivity contribution in [2.75, 3.05) is 5.32 Å². The first-order valence-electron chi connectivity index (χ1n) is 6.87. The number of rotatable bonds is 2. The van der Waals surface area contributed by atoms with Crippen molar-refractivity contribution in [2.24, 2.45) is 7.05 Å². The van der Waals surface area contributed by atoms with Crippen LogP contribution in [-0.2, 0) is 7.05 Å². The minimum absolute atomic E-state index is 0. The molecule has 1 heterocycles. The van der Waals surface area contributed by atoms with Crippen molar-refractivity contribution in [3.05, 3.63) is 69.5 Å². The molecule has 1 aromatic heterocycles. The first-order chi connectivity index (χ1) is 11.0. The summed E-state index contributed by atoms with van der Waals surface area (Å²) in [5.41, 5.74) is 0.0529. The van der Waals surface area contributed by atoms with Gasteiger partial charge < -0.3 is 15.0 Å². The fourth-order valence-electron chi connectivity index (χ4n) is 2.45.